The molecule has 0 aliphatic heterocycles. The van der Waals surface area contributed by atoms with Crippen molar-refractivity contribution in [2.75, 3.05) is 12.3 Å². The first-order chi connectivity index (χ1) is 11.5. The lowest BCUT2D eigenvalue weighted by Crippen LogP contribution is -2.15. The molecule has 1 aromatic carbocycles. The summed E-state index contributed by atoms with van der Waals surface area (Å²) in [6, 6.07) is 4.19. The summed E-state index contributed by atoms with van der Waals surface area (Å²) < 4.78 is 9.42. The Morgan fingerprint density at radius 3 is 2.58 bits per heavy atom. The minimum absolute atomic E-state index is 0.142. The third kappa shape index (κ3) is 6.02. The highest BCUT2D eigenvalue weighted by Crippen LogP contribution is 2.35. The predicted molar refractivity (Wildman–Crippen MR) is 103 cm³/mol. The van der Waals surface area contributed by atoms with Gasteiger partial charge in [0.2, 0.25) is 5.16 Å². The molecule has 2 rings (SSSR count). The van der Waals surface area contributed by atoms with Crippen molar-refractivity contribution in [3.05, 3.63) is 26.6 Å². The van der Waals surface area contributed by atoms with Crippen LogP contribution in [0.1, 0.15) is 25.8 Å². The molecule has 1 aromatic heterocycles. The molecule has 1 N–H and O–H groups in total. The molecule has 0 aliphatic rings. The number of hydrogen-bond donors (Lipinski definition) is 1. The van der Waals surface area contributed by atoms with E-state index in [0.29, 0.717) is 0 Å². The fourth-order valence-corrected chi connectivity index (χ4v) is 4.26. The minimum atomic E-state index is 0.142. The van der Waals surface area contributed by atoms with Crippen molar-refractivity contribution in [2.45, 2.75) is 38.1 Å². The molecule has 2 aromatic rings. The Labute approximate surface area is 163 Å². The number of rotatable bonds is 9. The molecule has 0 spiro atoms. The van der Waals surface area contributed by atoms with Crippen LogP contribution >= 0.6 is 43.6 Å². The number of aromatic nitrogens is 4. The first-order valence-electron chi connectivity index (χ1n) is 7.68. The molecule has 1 heterocycles. The highest BCUT2D eigenvalue weighted by atomic mass is 79.9. The molecule has 0 bridgehead atoms. The van der Waals surface area contributed by atoms with E-state index < -0.39 is 0 Å². The van der Waals surface area contributed by atoms with Crippen molar-refractivity contribution in [3.63, 3.8) is 0 Å². The number of nitrogens with one attached hydrogen (secondary N) is 1. The standard InChI is InChI=1S/C15H21Br2N5OS/c1-10(2)23-14-12(16)7-11(8-13(14)17)9-18-5-4-6-24-15-19-20-21-22(15)3/h7-8,10,18H,4-6,9H2,1-3H3. The molecule has 0 atom stereocenters. The molecular formula is C15H21Br2N5OS. The smallest absolute Gasteiger partial charge is 0.209 e. The first-order valence-corrected chi connectivity index (χ1v) is 10.2. The Balaban J connectivity index is 1.73. The second-order valence-corrected chi connectivity index (χ2v) is 8.29. The molecule has 0 aliphatic carbocycles. The van der Waals surface area contributed by atoms with Crippen LogP contribution in [0.2, 0.25) is 0 Å². The van der Waals surface area contributed by atoms with Crippen molar-refractivity contribution in [3.8, 4) is 5.75 Å². The number of ether oxygens (including phenoxy) is 1. The molecule has 0 saturated carbocycles. The van der Waals surface area contributed by atoms with E-state index in [4.69, 9.17) is 4.74 Å². The maximum Gasteiger partial charge on any atom is 0.209 e. The van der Waals surface area contributed by atoms with Gasteiger partial charge in [0.25, 0.3) is 0 Å². The lowest BCUT2D eigenvalue weighted by atomic mass is 10.2. The van der Waals surface area contributed by atoms with E-state index in [2.05, 4.69) is 64.8 Å². The maximum absolute atomic E-state index is 5.80. The summed E-state index contributed by atoms with van der Waals surface area (Å²) in [6.45, 7) is 5.79. The third-order valence-electron chi connectivity index (χ3n) is 3.05. The van der Waals surface area contributed by atoms with Gasteiger partial charge >= 0.3 is 0 Å². The maximum atomic E-state index is 5.80. The van der Waals surface area contributed by atoms with Crippen LogP contribution in [0, 0.1) is 0 Å². The van der Waals surface area contributed by atoms with Gasteiger partial charge in [-0.05, 0) is 86.8 Å². The summed E-state index contributed by atoms with van der Waals surface area (Å²) >= 11 is 8.83. The van der Waals surface area contributed by atoms with Crippen molar-refractivity contribution in [1.82, 2.24) is 25.5 Å². The second kappa shape index (κ2) is 9.74. The molecule has 24 heavy (non-hydrogen) atoms. The molecule has 6 nitrogen and oxygen atoms in total. The summed E-state index contributed by atoms with van der Waals surface area (Å²) in [5.74, 6) is 1.83. The summed E-state index contributed by atoms with van der Waals surface area (Å²) in [7, 11) is 1.85. The highest BCUT2D eigenvalue weighted by Gasteiger charge is 2.10. The van der Waals surface area contributed by atoms with Gasteiger partial charge in [0.15, 0.2) is 0 Å². The number of aryl methyl sites for hydroxylation is 1. The first kappa shape index (κ1) is 19.7. The van der Waals surface area contributed by atoms with E-state index >= 15 is 0 Å². The molecule has 0 radical (unpaired) electrons. The van der Waals surface area contributed by atoms with Crippen LogP contribution in [0.4, 0.5) is 0 Å². The SMILES string of the molecule is CC(C)Oc1c(Br)cc(CNCCCSc2nnnn2C)cc1Br. The van der Waals surface area contributed by atoms with Gasteiger partial charge in [-0.25, -0.2) is 4.68 Å². The minimum Gasteiger partial charge on any atom is -0.489 e. The molecular weight excluding hydrogens is 458 g/mol. The Morgan fingerprint density at radius 2 is 2.00 bits per heavy atom. The van der Waals surface area contributed by atoms with E-state index in [1.54, 1.807) is 16.4 Å². The van der Waals surface area contributed by atoms with Crippen molar-refractivity contribution >= 4 is 43.6 Å². The summed E-state index contributed by atoms with van der Waals surface area (Å²) in [4.78, 5) is 0. The van der Waals surface area contributed by atoms with Crippen molar-refractivity contribution in [1.29, 1.82) is 0 Å². The molecule has 0 amide bonds. The quantitative estimate of drug-likeness (QED) is 0.436. The number of benzene rings is 1. The fraction of sp³-hybridized carbons (Fsp3) is 0.533. The normalized spacial score (nSPS) is 11.2. The van der Waals surface area contributed by atoms with Gasteiger partial charge in [0.1, 0.15) is 5.75 Å². The Bertz CT molecular complexity index is 642. The van der Waals surface area contributed by atoms with Crippen molar-refractivity contribution in [2.24, 2.45) is 7.05 Å². The van der Waals surface area contributed by atoms with Crippen LogP contribution in [0.25, 0.3) is 0 Å². The van der Waals surface area contributed by atoms with E-state index in [-0.39, 0.29) is 6.10 Å². The molecule has 9 heteroatoms. The third-order valence-corrected chi connectivity index (χ3v) is 5.33. The number of hydrogen-bond acceptors (Lipinski definition) is 6. The van der Waals surface area contributed by atoms with Crippen LogP contribution in [-0.4, -0.2) is 38.6 Å². The number of thioether (sulfide) groups is 1. The van der Waals surface area contributed by atoms with Gasteiger partial charge in [-0.3, -0.25) is 0 Å². The average molecular weight is 479 g/mol. The number of halogens is 2. The average Bonchev–Trinajstić information content (AvgIpc) is 2.91. The topological polar surface area (TPSA) is 64.9 Å². The summed E-state index contributed by atoms with van der Waals surface area (Å²) in [5, 5.41) is 15.7. The zero-order valence-electron chi connectivity index (χ0n) is 13.9. The predicted octanol–water partition coefficient (Wildman–Crippen LogP) is 3.79. The van der Waals surface area contributed by atoms with Crippen LogP contribution in [0.3, 0.4) is 0 Å². The van der Waals surface area contributed by atoms with Gasteiger partial charge < -0.3 is 10.1 Å². The van der Waals surface area contributed by atoms with Crippen LogP contribution < -0.4 is 10.1 Å². The van der Waals surface area contributed by atoms with Crippen LogP contribution in [0.5, 0.6) is 5.75 Å². The van der Waals surface area contributed by atoms with Gasteiger partial charge in [0, 0.05) is 19.3 Å². The van der Waals surface area contributed by atoms with E-state index in [9.17, 15) is 0 Å². The zero-order chi connectivity index (χ0) is 17.5. The van der Waals surface area contributed by atoms with E-state index in [1.165, 1.54) is 5.56 Å². The van der Waals surface area contributed by atoms with E-state index in [0.717, 1.165) is 45.1 Å². The van der Waals surface area contributed by atoms with Crippen LogP contribution in [0.15, 0.2) is 26.2 Å². The Morgan fingerprint density at radius 1 is 1.29 bits per heavy atom. The number of nitrogens with zero attached hydrogens (tertiary/aromatic N) is 4. The summed E-state index contributed by atoms with van der Waals surface area (Å²) in [6.07, 6.45) is 1.19. The largest absolute Gasteiger partial charge is 0.489 e. The van der Waals surface area contributed by atoms with Crippen molar-refractivity contribution < 1.29 is 4.74 Å². The zero-order valence-corrected chi connectivity index (χ0v) is 17.9. The van der Waals surface area contributed by atoms with Gasteiger partial charge in [-0.15, -0.1) is 5.10 Å². The number of tetrazole rings is 1. The molecule has 132 valence electrons. The second-order valence-electron chi connectivity index (χ2n) is 5.52. The van der Waals surface area contributed by atoms with Gasteiger partial charge in [-0.2, -0.15) is 0 Å². The van der Waals surface area contributed by atoms with E-state index in [1.807, 2.05) is 20.9 Å². The van der Waals surface area contributed by atoms with Crippen LogP contribution in [-0.2, 0) is 13.6 Å². The lowest BCUT2D eigenvalue weighted by molar-refractivity contribution is 0.239. The monoisotopic (exact) mass is 477 g/mol. The fourth-order valence-electron chi connectivity index (χ4n) is 2.00. The van der Waals surface area contributed by atoms with Gasteiger partial charge in [0.05, 0.1) is 15.0 Å². The highest BCUT2D eigenvalue weighted by molar-refractivity contribution is 9.11. The molecule has 0 unspecified atom stereocenters. The summed E-state index contributed by atoms with van der Waals surface area (Å²) in [5.41, 5.74) is 1.20. The van der Waals surface area contributed by atoms with Gasteiger partial charge in [-0.1, -0.05) is 11.8 Å². The Hall–Kier alpha value is -0.640. The Kier molecular flexibility index (Phi) is 7.99. The lowest BCUT2D eigenvalue weighted by Gasteiger charge is -2.15. The molecule has 0 fully saturated rings. The molecule has 0 saturated heterocycles.